The zero-order valence-corrected chi connectivity index (χ0v) is 16.9. The molecule has 0 aliphatic carbocycles. The first-order valence-corrected chi connectivity index (χ1v) is 9.90. The average Bonchev–Trinajstić information content (AvgIpc) is 2.71. The van der Waals surface area contributed by atoms with Crippen molar-refractivity contribution >= 4 is 32.2 Å². The van der Waals surface area contributed by atoms with Gasteiger partial charge in [-0.1, -0.05) is 12.1 Å². The molecule has 0 N–H and O–H groups in total. The number of azo groups is 1. The zero-order chi connectivity index (χ0) is 20.3. The fraction of sp³-hybridized carbons (Fsp3) is 0.200. The molecule has 0 aliphatic rings. The molecule has 0 saturated carbocycles. The van der Waals surface area contributed by atoms with Crippen LogP contribution in [0.2, 0.25) is 0 Å². The van der Waals surface area contributed by atoms with Gasteiger partial charge in [-0.05, 0) is 42.5 Å². The average molecular weight is 399 g/mol. The summed E-state index contributed by atoms with van der Waals surface area (Å²) in [6, 6.07) is 15.5. The van der Waals surface area contributed by atoms with Crippen LogP contribution in [-0.4, -0.2) is 41.0 Å². The Hall–Kier alpha value is -2.97. The van der Waals surface area contributed by atoms with Crippen molar-refractivity contribution in [2.75, 3.05) is 28.3 Å². The second-order valence-corrected chi connectivity index (χ2v) is 8.30. The highest BCUT2D eigenvalue weighted by atomic mass is 32.2. The van der Waals surface area contributed by atoms with Crippen molar-refractivity contribution in [1.82, 2.24) is 4.31 Å². The van der Waals surface area contributed by atoms with Gasteiger partial charge in [-0.15, -0.1) is 5.11 Å². The van der Waals surface area contributed by atoms with E-state index in [2.05, 4.69) is 10.2 Å². The van der Waals surface area contributed by atoms with E-state index in [-0.39, 0.29) is 4.90 Å². The fourth-order valence-corrected chi connectivity index (χ4v) is 3.66. The molecule has 28 heavy (non-hydrogen) atoms. The number of nitrogens with zero attached hydrogens (tertiary/aromatic N) is 3. The number of ether oxygens (including phenoxy) is 2. The summed E-state index contributed by atoms with van der Waals surface area (Å²) in [7, 11) is 2.72. The Bertz CT molecular complexity index is 1110. The van der Waals surface area contributed by atoms with Gasteiger partial charge in [0.15, 0.2) is 0 Å². The Morgan fingerprint density at radius 3 is 2.07 bits per heavy atom. The van der Waals surface area contributed by atoms with Crippen molar-refractivity contribution in [3.63, 3.8) is 0 Å². The van der Waals surface area contributed by atoms with Gasteiger partial charge < -0.3 is 9.47 Å². The number of sulfonamides is 1. The van der Waals surface area contributed by atoms with E-state index in [1.165, 1.54) is 30.5 Å². The predicted octanol–water partition coefficient (Wildman–Crippen LogP) is 4.52. The number of rotatable bonds is 6. The minimum Gasteiger partial charge on any atom is -0.496 e. The Morgan fingerprint density at radius 1 is 0.821 bits per heavy atom. The molecule has 7 nitrogen and oxygen atoms in total. The first kappa shape index (κ1) is 19.8. The summed E-state index contributed by atoms with van der Waals surface area (Å²) in [5.41, 5.74) is 1.20. The molecular formula is C20H21N3O4S. The van der Waals surface area contributed by atoms with E-state index in [1.54, 1.807) is 26.4 Å². The molecule has 0 aliphatic heterocycles. The lowest BCUT2D eigenvalue weighted by molar-refractivity contribution is 0.405. The third kappa shape index (κ3) is 3.69. The van der Waals surface area contributed by atoms with Crippen LogP contribution in [0.5, 0.6) is 11.5 Å². The maximum atomic E-state index is 12.1. The third-order valence-electron chi connectivity index (χ3n) is 4.27. The third-order valence-corrected chi connectivity index (χ3v) is 6.10. The van der Waals surface area contributed by atoms with E-state index in [1.807, 2.05) is 30.3 Å². The molecule has 0 fully saturated rings. The van der Waals surface area contributed by atoms with Crippen molar-refractivity contribution in [3.8, 4) is 11.5 Å². The Balaban J connectivity index is 1.98. The van der Waals surface area contributed by atoms with Crippen LogP contribution in [0.15, 0.2) is 69.7 Å². The summed E-state index contributed by atoms with van der Waals surface area (Å²) in [6.45, 7) is 0. The van der Waals surface area contributed by atoms with Gasteiger partial charge in [-0.3, -0.25) is 0 Å². The van der Waals surface area contributed by atoms with Crippen molar-refractivity contribution in [3.05, 3.63) is 54.6 Å². The molecule has 3 aromatic rings. The minimum absolute atomic E-state index is 0.205. The molecule has 0 aromatic heterocycles. The summed E-state index contributed by atoms with van der Waals surface area (Å²) in [6.07, 6.45) is 0. The van der Waals surface area contributed by atoms with Gasteiger partial charge >= 0.3 is 0 Å². The summed E-state index contributed by atoms with van der Waals surface area (Å²) in [5.74, 6) is 1.37. The number of benzene rings is 3. The number of hydrogen-bond donors (Lipinski definition) is 0. The topological polar surface area (TPSA) is 80.6 Å². The summed E-state index contributed by atoms with van der Waals surface area (Å²) < 4.78 is 36.3. The highest BCUT2D eigenvalue weighted by Gasteiger charge is 2.16. The number of methoxy groups -OCH3 is 2. The Kier molecular flexibility index (Phi) is 5.62. The highest BCUT2D eigenvalue weighted by molar-refractivity contribution is 7.89. The van der Waals surface area contributed by atoms with Crippen molar-refractivity contribution < 1.29 is 17.9 Å². The Labute approximate surface area is 164 Å². The molecule has 0 amide bonds. The lowest BCUT2D eigenvalue weighted by Crippen LogP contribution is -2.21. The van der Waals surface area contributed by atoms with E-state index in [4.69, 9.17) is 9.47 Å². The van der Waals surface area contributed by atoms with Gasteiger partial charge in [0.1, 0.15) is 11.5 Å². The van der Waals surface area contributed by atoms with Crippen molar-refractivity contribution in [2.45, 2.75) is 4.90 Å². The van der Waals surface area contributed by atoms with Gasteiger partial charge in [-0.2, -0.15) is 5.11 Å². The second kappa shape index (κ2) is 7.95. The van der Waals surface area contributed by atoms with Crippen LogP contribution in [0.3, 0.4) is 0 Å². The lowest BCUT2D eigenvalue weighted by Gasteiger charge is -2.11. The first-order valence-electron chi connectivity index (χ1n) is 8.46. The number of fused-ring (bicyclic) bond motifs is 1. The van der Waals surface area contributed by atoms with Crippen LogP contribution in [0, 0.1) is 0 Å². The van der Waals surface area contributed by atoms with Gasteiger partial charge in [0.25, 0.3) is 0 Å². The van der Waals surface area contributed by atoms with Crippen molar-refractivity contribution in [1.29, 1.82) is 0 Å². The SMILES string of the molecule is COc1cccc2c(N=Nc3ccc(S(=O)(=O)N(C)C)cc3)ccc(OC)c12. The highest BCUT2D eigenvalue weighted by Crippen LogP contribution is 2.39. The zero-order valence-electron chi connectivity index (χ0n) is 16.1. The van der Waals surface area contributed by atoms with Crippen LogP contribution < -0.4 is 9.47 Å². The molecule has 146 valence electrons. The second-order valence-electron chi connectivity index (χ2n) is 6.15. The maximum absolute atomic E-state index is 12.1. The van der Waals surface area contributed by atoms with E-state index >= 15 is 0 Å². The molecule has 0 spiro atoms. The first-order chi connectivity index (χ1) is 13.4. The molecule has 0 heterocycles. The molecule has 0 unspecified atom stereocenters. The van der Waals surface area contributed by atoms with Crippen LogP contribution in [0.1, 0.15) is 0 Å². The van der Waals surface area contributed by atoms with E-state index < -0.39 is 10.0 Å². The van der Waals surface area contributed by atoms with Crippen LogP contribution in [-0.2, 0) is 10.0 Å². The molecule has 0 atom stereocenters. The van der Waals surface area contributed by atoms with Crippen molar-refractivity contribution in [2.24, 2.45) is 10.2 Å². The number of hydrogen-bond acceptors (Lipinski definition) is 6. The standard InChI is InChI=1S/C20H21N3O4S/c1-23(2)28(24,25)15-10-8-14(9-11-15)21-22-17-12-13-19(27-4)20-16(17)6-5-7-18(20)26-3/h5-13H,1-4H3. The quantitative estimate of drug-likeness (QED) is 0.571. The summed E-state index contributed by atoms with van der Waals surface area (Å²) >= 11 is 0. The van der Waals surface area contributed by atoms with Gasteiger partial charge in [0.05, 0.1) is 35.9 Å². The summed E-state index contributed by atoms with van der Waals surface area (Å²) in [5, 5.41) is 10.2. The summed E-state index contributed by atoms with van der Waals surface area (Å²) in [4.78, 5) is 0.205. The molecule has 3 aromatic carbocycles. The molecule has 8 heteroatoms. The molecular weight excluding hydrogens is 378 g/mol. The lowest BCUT2D eigenvalue weighted by atomic mass is 10.1. The molecule has 3 rings (SSSR count). The normalized spacial score (nSPS) is 12.0. The fourth-order valence-electron chi connectivity index (χ4n) is 2.76. The smallest absolute Gasteiger partial charge is 0.242 e. The van der Waals surface area contributed by atoms with Gasteiger partial charge in [0.2, 0.25) is 10.0 Å². The predicted molar refractivity (Wildman–Crippen MR) is 109 cm³/mol. The molecule has 0 bridgehead atoms. The molecule has 0 radical (unpaired) electrons. The van der Waals surface area contributed by atoms with Crippen LogP contribution in [0.25, 0.3) is 10.8 Å². The van der Waals surface area contributed by atoms with E-state index in [0.717, 1.165) is 10.8 Å². The van der Waals surface area contributed by atoms with Gasteiger partial charge in [-0.25, -0.2) is 12.7 Å². The van der Waals surface area contributed by atoms with Crippen LogP contribution >= 0.6 is 0 Å². The van der Waals surface area contributed by atoms with Crippen LogP contribution in [0.4, 0.5) is 11.4 Å². The van der Waals surface area contributed by atoms with E-state index in [0.29, 0.717) is 22.9 Å². The monoisotopic (exact) mass is 399 g/mol. The van der Waals surface area contributed by atoms with E-state index in [9.17, 15) is 8.42 Å². The Morgan fingerprint density at radius 2 is 1.46 bits per heavy atom. The van der Waals surface area contributed by atoms with Gasteiger partial charge in [0, 0.05) is 19.5 Å². The minimum atomic E-state index is -3.47. The molecule has 0 saturated heterocycles. The largest absolute Gasteiger partial charge is 0.496 e. The maximum Gasteiger partial charge on any atom is 0.242 e.